The van der Waals surface area contributed by atoms with Gasteiger partial charge in [0.1, 0.15) is 0 Å². The average Bonchev–Trinajstić information content (AvgIpc) is 1.87. The van der Waals surface area contributed by atoms with Gasteiger partial charge in [-0.1, -0.05) is 34.3 Å². The second-order valence-electron chi connectivity index (χ2n) is 3.60. The molecule has 0 atom stereocenters. The molecule has 0 N–H and O–H groups in total. The summed E-state index contributed by atoms with van der Waals surface area (Å²) in [6.07, 6.45) is 1.21. The van der Waals surface area contributed by atoms with Gasteiger partial charge in [0.05, 0.1) is 0 Å². The van der Waals surface area contributed by atoms with E-state index in [0.29, 0.717) is 0 Å². The van der Waals surface area contributed by atoms with Crippen LogP contribution < -0.4 is 0 Å². The first-order valence-electron chi connectivity index (χ1n) is 4.05. The molecule has 0 aliphatic carbocycles. The first kappa shape index (κ1) is 10.9. The smallest absolute Gasteiger partial charge is 0.0313 e. The van der Waals surface area contributed by atoms with Crippen molar-refractivity contribution in [2.45, 2.75) is 34.1 Å². The molecule has 0 aromatic rings. The SMILES string of the molecule is C=C=C(SCCC)C(C)(C)C. The van der Waals surface area contributed by atoms with Crippen molar-refractivity contribution in [2.24, 2.45) is 5.41 Å². The molecule has 0 aromatic heterocycles. The molecule has 0 rings (SSSR count). The van der Waals surface area contributed by atoms with E-state index in [-0.39, 0.29) is 5.41 Å². The van der Waals surface area contributed by atoms with Crippen molar-refractivity contribution in [3.8, 4) is 0 Å². The van der Waals surface area contributed by atoms with Crippen molar-refractivity contribution in [2.75, 3.05) is 5.75 Å². The lowest BCUT2D eigenvalue weighted by Gasteiger charge is -2.19. The van der Waals surface area contributed by atoms with Gasteiger partial charge in [-0.15, -0.1) is 17.5 Å². The highest BCUT2D eigenvalue weighted by molar-refractivity contribution is 8.03. The van der Waals surface area contributed by atoms with Crippen LogP contribution in [-0.4, -0.2) is 5.75 Å². The van der Waals surface area contributed by atoms with E-state index in [1.165, 1.54) is 17.1 Å². The van der Waals surface area contributed by atoms with Crippen LogP contribution in [0, 0.1) is 5.41 Å². The average molecular weight is 170 g/mol. The molecule has 0 amide bonds. The fraction of sp³-hybridized carbons (Fsp3) is 0.700. The maximum atomic E-state index is 3.70. The van der Waals surface area contributed by atoms with Gasteiger partial charge < -0.3 is 0 Å². The summed E-state index contributed by atoms with van der Waals surface area (Å²) in [5.74, 6) is 1.18. The van der Waals surface area contributed by atoms with E-state index in [1.54, 1.807) is 0 Å². The van der Waals surface area contributed by atoms with Crippen molar-refractivity contribution in [1.29, 1.82) is 0 Å². The standard InChI is InChI=1S/C10H18S/c1-6-8-11-9(7-2)10(3,4)5/h2,6,8H2,1,3-5H3. The van der Waals surface area contributed by atoms with Crippen molar-refractivity contribution in [1.82, 2.24) is 0 Å². The Labute approximate surface area is 74.8 Å². The van der Waals surface area contributed by atoms with Crippen molar-refractivity contribution < 1.29 is 0 Å². The third-order valence-electron chi connectivity index (χ3n) is 1.29. The highest BCUT2D eigenvalue weighted by Gasteiger charge is 2.16. The van der Waals surface area contributed by atoms with Crippen LogP contribution >= 0.6 is 11.8 Å². The zero-order valence-corrected chi connectivity index (χ0v) is 8.85. The molecule has 0 fully saturated rings. The molecule has 0 saturated heterocycles. The van der Waals surface area contributed by atoms with Crippen LogP contribution in [0.1, 0.15) is 34.1 Å². The fourth-order valence-electron chi connectivity index (χ4n) is 0.737. The molecule has 0 aliphatic rings. The topological polar surface area (TPSA) is 0 Å². The van der Waals surface area contributed by atoms with Gasteiger partial charge in [0.25, 0.3) is 0 Å². The number of hydrogen-bond donors (Lipinski definition) is 0. The molecule has 11 heavy (non-hydrogen) atoms. The van der Waals surface area contributed by atoms with Crippen LogP contribution in [0.4, 0.5) is 0 Å². The highest BCUT2D eigenvalue weighted by Crippen LogP contribution is 2.33. The fourth-order valence-corrected chi connectivity index (χ4v) is 1.68. The molecule has 0 spiro atoms. The lowest BCUT2D eigenvalue weighted by molar-refractivity contribution is 0.534. The summed E-state index contributed by atoms with van der Waals surface area (Å²) in [7, 11) is 0. The zero-order chi connectivity index (χ0) is 8.91. The quantitative estimate of drug-likeness (QED) is 0.580. The van der Waals surface area contributed by atoms with Crippen LogP contribution in [0.15, 0.2) is 17.2 Å². The minimum Gasteiger partial charge on any atom is -0.122 e. The zero-order valence-electron chi connectivity index (χ0n) is 8.03. The van der Waals surface area contributed by atoms with Gasteiger partial charge >= 0.3 is 0 Å². The van der Waals surface area contributed by atoms with Crippen LogP contribution in [0.5, 0.6) is 0 Å². The second-order valence-corrected chi connectivity index (χ2v) is 4.71. The van der Waals surface area contributed by atoms with E-state index in [9.17, 15) is 0 Å². The predicted octanol–water partition coefficient (Wildman–Crippen LogP) is 3.84. The summed E-state index contributed by atoms with van der Waals surface area (Å²) in [5.41, 5.74) is 3.23. The summed E-state index contributed by atoms with van der Waals surface area (Å²) in [6, 6.07) is 0. The molecule has 0 bridgehead atoms. The Morgan fingerprint density at radius 3 is 2.27 bits per heavy atom. The number of thioether (sulfide) groups is 1. The van der Waals surface area contributed by atoms with E-state index < -0.39 is 0 Å². The summed E-state index contributed by atoms with van der Waals surface area (Å²) in [5, 5.41) is 0. The third-order valence-corrected chi connectivity index (χ3v) is 2.95. The number of hydrogen-bond acceptors (Lipinski definition) is 1. The molecule has 0 heterocycles. The molecular weight excluding hydrogens is 152 g/mol. The Bertz CT molecular complexity index is 156. The van der Waals surface area contributed by atoms with Crippen LogP contribution in [0.3, 0.4) is 0 Å². The Balaban J connectivity index is 4.10. The van der Waals surface area contributed by atoms with Gasteiger partial charge in [-0.05, 0) is 12.2 Å². The Morgan fingerprint density at radius 2 is 2.00 bits per heavy atom. The van der Waals surface area contributed by atoms with Gasteiger partial charge in [0.2, 0.25) is 0 Å². The largest absolute Gasteiger partial charge is 0.122 e. The normalized spacial score (nSPS) is 10.9. The van der Waals surface area contributed by atoms with E-state index >= 15 is 0 Å². The Kier molecular flexibility index (Phi) is 4.63. The monoisotopic (exact) mass is 170 g/mol. The van der Waals surface area contributed by atoms with E-state index in [1.807, 2.05) is 11.8 Å². The molecule has 0 unspecified atom stereocenters. The van der Waals surface area contributed by atoms with Crippen molar-refractivity contribution >= 4 is 11.8 Å². The van der Waals surface area contributed by atoms with E-state index in [0.717, 1.165) is 0 Å². The van der Waals surface area contributed by atoms with Crippen molar-refractivity contribution in [3.05, 3.63) is 17.2 Å². The van der Waals surface area contributed by atoms with Crippen LogP contribution in [0.2, 0.25) is 0 Å². The minimum absolute atomic E-state index is 0.224. The first-order valence-corrected chi connectivity index (χ1v) is 5.04. The molecular formula is C10H18S. The molecule has 0 aliphatic heterocycles. The summed E-state index contributed by atoms with van der Waals surface area (Å²) in [6.45, 7) is 12.5. The lowest BCUT2D eigenvalue weighted by Crippen LogP contribution is -2.06. The van der Waals surface area contributed by atoms with Gasteiger partial charge in [-0.25, -0.2) is 0 Å². The van der Waals surface area contributed by atoms with E-state index in [4.69, 9.17) is 0 Å². The minimum atomic E-state index is 0.224. The second kappa shape index (κ2) is 4.69. The summed E-state index contributed by atoms with van der Waals surface area (Å²) >= 11 is 1.87. The molecule has 0 aromatic carbocycles. The number of rotatable bonds is 3. The summed E-state index contributed by atoms with van der Waals surface area (Å²) < 4.78 is 0. The van der Waals surface area contributed by atoms with Crippen LogP contribution in [-0.2, 0) is 0 Å². The van der Waals surface area contributed by atoms with E-state index in [2.05, 4.69) is 40.0 Å². The highest BCUT2D eigenvalue weighted by atomic mass is 32.2. The van der Waals surface area contributed by atoms with Gasteiger partial charge in [-0.3, -0.25) is 0 Å². The Hall–Kier alpha value is -0.130. The third kappa shape index (κ3) is 4.34. The summed E-state index contributed by atoms with van der Waals surface area (Å²) in [4.78, 5) is 1.28. The van der Waals surface area contributed by atoms with Crippen LogP contribution in [0.25, 0.3) is 0 Å². The molecule has 64 valence electrons. The molecule has 1 heteroatoms. The first-order chi connectivity index (χ1) is 5.02. The predicted molar refractivity (Wildman–Crippen MR) is 54.9 cm³/mol. The maximum absolute atomic E-state index is 3.70. The van der Waals surface area contributed by atoms with Gasteiger partial charge in [0.15, 0.2) is 0 Å². The van der Waals surface area contributed by atoms with Gasteiger partial charge in [0, 0.05) is 10.3 Å². The Morgan fingerprint density at radius 1 is 1.45 bits per heavy atom. The number of allylic oxidation sites excluding steroid dienone is 1. The molecule has 0 radical (unpaired) electrons. The lowest BCUT2D eigenvalue weighted by atomic mass is 9.97. The molecule has 0 nitrogen and oxygen atoms in total. The van der Waals surface area contributed by atoms with Crippen molar-refractivity contribution in [3.63, 3.8) is 0 Å². The maximum Gasteiger partial charge on any atom is 0.0313 e. The van der Waals surface area contributed by atoms with Gasteiger partial charge in [-0.2, -0.15) is 0 Å². The molecule has 0 saturated carbocycles.